The molecule has 0 saturated heterocycles. The molecule has 1 aromatic carbocycles. The number of benzene rings is 1. The van der Waals surface area contributed by atoms with Gasteiger partial charge in [-0.1, -0.05) is 19.1 Å². The molecule has 0 saturated carbocycles. The Kier molecular flexibility index (Phi) is 10.1. The number of carbonyl (C=O) groups is 1. The van der Waals surface area contributed by atoms with Crippen molar-refractivity contribution in [2.75, 3.05) is 26.2 Å². The van der Waals surface area contributed by atoms with Crippen molar-refractivity contribution in [1.29, 1.82) is 0 Å². The van der Waals surface area contributed by atoms with Crippen LogP contribution in [0.2, 0.25) is 0 Å². The van der Waals surface area contributed by atoms with Crippen molar-refractivity contribution in [3.63, 3.8) is 0 Å². The SMILES string of the molecule is CCCNC(=O)CCNC(=NCc1ccc(C)cc1OCC)NCC. The monoisotopic (exact) mass is 348 g/mol. The summed E-state index contributed by atoms with van der Waals surface area (Å²) in [5.74, 6) is 1.64. The summed E-state index contributed by atoms with van der Waals surface area (Å²) in [5, 5.41) is 9.26. The van der Waals surface area contributed by atoms with Crippen molar-refractivity contribution in [3.8, 4) is 5.75 Å². The third kappa shape index (κ3) is 8.42. The number of hydrogen-bond acceptors (Lipinski definition) is 3. The predicted octanol–water partition coefficient (Wildman–Crippen LogP) is 2.37. The second-order valence-electron chi connectivity index (χ2n) is 5.77. The Balaban J connectivity index is 2.62. The minimum atomic E-state index is 0.0577. The number of hydrogen-bond donors (Lipinski definition) is 3. The number of guanidine groups is 1. The summed E-state index contributed by atoms with van der Waals surface area (Å²) < 4.78 is 5.70. The van der Waals surface area contributed by atoms with E-state index in [2.05, 4.69) is 27.0 Å². The zero-order valence-electron chi connectivity index (χ0n) is 15.9. The van der Waals surface area contributed by atoms with E-state index in [0.717, 1.165) is 30.8 Å². The molecule has 0 atom stereocenters. The van der Waals surface area contributed by atoms with Gasteiger partial charge in [0.05, 0.1) is 13.2 Å². The molecule has 140 valence electrons. The van der Waals surface area contributed by atoms with Crippen molar-refractivity contribution < 1.29 is 9.53 Å². The summed E-state index contributed by atoms with van der Waals surface area (Å²) in [6, 6.07) is 6.14. The van der Waals surface area contributed by atoms with Crippen LogP contribution in [0.1, 0.15) is 44.7 Å². The van der Waals surface area contributed by atoms with E-state index in [4.69, 9.17) is 4.74 Å². The van der Waals surface area contributed by atoms with Crippen LogP contribution in [0.25, 0.3) is 0 Å². The zero-order chi connectivity index (χ0) is 18.5. The summed E-state index contributed by atoms with van der Waals surface area (Å²) >= 11 is 0. The number of rotatable bonds is 10. The number of nitrogens with zero attached hydrogens (tertiary/aromatic N) is 1. The van der Waals surface area contributed by atoms with Crippen LogP contribution in [0.3, 0.4) is 0 Å². The molecule has 0 fully saturated rings. The van der Waals surface area contributed by atoms with Gasteiger partial charge in [-0.05, 0) is 38.8 Å². The topological polar surface area (TPSA) is 74.8 Å². The Labute approximate surface area is 151 Å². The summed E-state index contributed by atoms with van der Waals surface area (Å²) in [4.78, 5) is 16.2. The molecule has 0 heterocycles. The average molecular weight is 348 g/mol. The third-order valence-corrected chi connectivity index (χ3v) is 3.49. The molecule has 0 aliphatic carbocycles. The maximum absolute atomic E-state index is 11.6. The number of amides is 1. The van der Waals surface area contributed by atoms with Crippen molar-refractivity contribution in [1.82, 2.24) is 16.0 Å². The first kappa shape index (κ1) is 20.8. The Hall–Kier alpha value is -2.24. The Bertz CT molecular complexity index is 558. The molecule has 1 amide bonds. The van der Waals surface area contributed by atoms with Gasteiger partial charge < -0.3 is 20.7 Å². The number of ether oxygens (including phenoxy) is 1. The van der Waals surface area contributed by atoms with E-state index in [1.54, 1.807) is 0 Å². The molecule has 0 aliphatic rings. The van der Waals surface area contributed by atoms with Crippen molar-refractivity contribution in [2.24, 2.45) is 4.99 Å². The molecular weight excluding hydrogens is 316 g/mol. The number of aliphatic imine (C=N–C) groups is 1. The predicted molar refractivity (Wildman–Crippen MR) is 103 cm³/mol. The van der Waals surface area contributed by atoms with E-state index in [0.29, 0.717) is 32.1 Å². The highest BCUT2D eigenvalue weighted by molar-refractivity contribution is 5.81. The number of aryl methyl sites for hydroxylation is 1. The molecule has 0 bridgehead atoms. The average Bonchev–Trinajstić information content (AvgIpc) is 2.59. The van der Waals surface area contributed by atoms with Gasteiger partial charge in [-0.2, -0.15) is 0 Å². The van der Waals surface area contributed by atoms with Gasteiger partial charge in [0.2, 0.25) is 5.91 Å². The minimum absolute atomic E-state index is 0.0577. The van der Waals surface area contributed by atoms with Gasteiger partial charge in [-0.25, -0.2) is 4.99 Å². The van der Waals surface area contributed by atoms with Gasteiger partial charge in [0.15, 0.2) is 5.96 Å². The second-order valence-corrected chi connectivity index (χ2v) is 5.77. The van der Waals surface area contributed by atoms with Crippen LogP contribution in [0.15, 0.2) is 23.2 Å². The van der Waals surface area contributed by atoms with Gasteiger partial charge in [0, 0.05) is 31.6 Å². The van der Waals surface area contributed by atoms with Crippen LogP contribution < -0.4 is 20.7 Å². The normalized spacial score (nSPS) is 11.1. The van der Waals surface area contributed by atoms with Crippen LogP contribution in [0, 0.1) is 6.92 Å². The maximum Gasteiger partial charge on any atom is 0.221 e. The quantitative estimate of drug-likeness (QED) is 0.448. The molecule has 0 aromatic heterocycles. The highest BCUT2D eigenvalue weighted by Crippen LogP contribution is 2.21. The second kappa shape index (κ2) is 12.2. The lowest BCUT2D eigenvalue weighted by atomic mass is 10.1. The van der Waals surface area contributed by atoms with E-state index >= 15 is 0 Å². The van der Waals surface area contributed by atoms with Gasteiger partial charge in [0.1, 0.15) is 5.75 Å². The van der Waals surface area contributed by atoms with Crippen molar-refractivity contribution in [3.05, 3.63) is 29.3 Å². The molecule has 3 N–H and O–H groups in total. The van der Waals surface area contributed by atoms with Gasteiger partial charge in [0.25, 0.3) is 0 Å². The van der Waals surface area contributed by atoms with Gasteiger partial charge >= 0.3 is 0 Å². The fourth-order valence-electron chi connectivity index (χ4n) is 2.24. The largest absolute Gasteiger partial charge is 0.494 e. The summed E-state index contributed by atoms with van der Waals surface area (Å²) in [5.41, 5.74) is 2.21. The van der Waals surface area contributed by atoms with Crippen LogP contribution in [0.5, 0.6) is 5.75 Å². The Morgan fingerprint density at radius 3 is 2.60 bits per heavy atom. The van der Waals surface area contributed by atoms with Crippen molar-refractivity contribution >= 4 is 11.9 Å². The summed E-state index contributed by atoms with van der Waals surface area (Å²) in [7, 11) is 0. The lowest BCUT2D eigenvalue weighted by molar-refractivity contribution is -0.120. The van der Waals surface area contributed by atoms with Crippen LogP contribution in [0.4, 0.5) is 0 Å². The smallest absolute Gasteiger partial charge is 0.221 e. The lowest BCUT2D eigenvalue weighted by Gasteiger charge is -2.13. The fraction of sp³-hybridized carbons (Fsp3) is 0.579. The Morgan fingerprint density at radius 1 is 1.12 bits per heavy atom. The maximum atomic E-state index is 11.6. The van der Waals surface area contributed by atoms with E-state index < -0.39 is 0 Å². The minimum Gasteiger partial charge on any atom is -0.494 e. The van der Waals surface area contributed by atoms with E-state index in [1.807, 2.05) is 39.8 Å². The first-order valence-corrected chi connectivity index (χ1v) is 9.11. The highest BCUT2D eigenvalue weighted by atomic mass is 16.5. The molecule has 6 nitrogen and oxygen atoms in total. The molecule has 25 heavy (non-hydrogen) atoms. The zero-order valence-corrected chi connectivity index (χ0v) is 15.9. The van der Waals surface area contributed by atoms with Crippen LogP contribution in [-0.2, 0) is 11.3 Å². The summed E-state index contributed by atoms with van der Waals surface area (Å²) in [6.45, 7) is 11.3. The number of nitrogens with one attached hydrogen (secondary N) is 3. The highest BCUT2D eigenvalue weighted by Gasteiger charge is 2.05. The molecule has 1 aromatic rings. The van der Waals surface area contributed by atoms with Crippen LogP contribution in [-0.4, -0.2) is 38.1 Å². The first-order valence-electron chi connectivity index (χ1n) is 9.11. The molecule has 1 rings (SSSR count). The van der Waals surface area contributed by atoms with Gasteiger partial charge in [-0.15, -0.1) is 0 Å². The fourth-order valence-corrected chi connectivity index (χ4v) is 2.24. The number of carbonyl (C=O) groups excluding carboxylic acids is 1. The molecular formula is C19H32N4O2. The van der Waals surface area contributed by atoms with Gasteiger partial charge in [-0.3, -0.25) is 4.79 Å². The molecule has 0 aliphatic heterocycles. The lowest BCUT2D eigenvalue weighted by Crippen LogP contribution is -2.39. The van der Waals surface area contributed by atoms with Crippen LogP contribution >= 0.6 is 0 Å². The molecule has 6 heteroatoms. The van der Waals surface area contributed by atoms with E-state index in [-0.39, 0.29) is 5.91 Å². The molecule has 0 unspecified atom stereocenters. The van der Waals surface area contributed by atoms with Crippen molar-refractivity contribution in [2.45, 2.75) is 47.1 Å². The van der Waals surface area contributed by atoms with E-state index in [9.17, 15) is 4.79 Å². The third-order valence-electron chi connectivity index (χ3n) is 3.49. The van der Waals surface area contributed by atoms with E-state index in [1.165, 1.54) is 5.56 Å². The molecule has 0 spiro atoms. The standard InChI is InChI=1S/C19H32N4O2/c1-5-11-21-18(24)10-12-22-19(20-6-2)23-14-16-9-8-15(4)13-17(16)25-7-3/h8-9,13H,5-7,10-12,14H2,1-4H3,(H,21,24)(H2,20,22,23). The summed E-state index contributed by atoms with van der Waals surface area (Å²) in [6.07, 6.45) is 1.38. The Morgan fingerprint density at radius 2 is 1.92 bits per heavy atom. The molecule has 0 radical (unpaired) electrons. The first-order chi connectivity index (χ1) is 12.1.